The number of imidazole rings is 1. The van der Waals surface area contributed by atoms with Crippen LogP contribution in [0.5, 0.6) is 0 Å². The number of alkyl halides is 3. The molecule has 4 rings (SSSR count). The number of halogens is 4. The SMILES string of the molecule is O=c1c(Cl)c(N2CCC(n3ccnc3)CC2)cnn1-c1ccc(C(F)(F)F)cn1. The minimum absolute atomic E-state index is 0.0322. The summed E-state index contributed by atoms with van der Waals surface area (Å²) in [6, 6.07) is 2.26. The van der Waals surface area contributed by atoms with Crippen LogP contribution < -0.4 is 10.5 Å². The molecule has 1 fully saturated rings. The van der Waals surface area contributed by atoms with Crippen LogP contribution in [-0.4, -0.2) is 37.4 Å². The lowest BCUT2D eigenvalue weighted by Crippen LogP contribution is -2.36. The molecule has 3 aromatic rings. The van der Waals surface area contributed by atoms with Crippen molar-refractivity contribution in [3.05, 3.63) is 64.2 Å². The molecule has 1 aliphatic rings. The van der Waals surface area contributed by atoms with Crippen molar-refractivity contribution in [2.75, 3.05) is 18.0 Å². The van der Waals surface area contributed by atoms with Gasteiger partial charge in [0.25, 0.3) is 5.56 Å². The van der Waals surface area contributed by atoms with Crippen LogP contribution in [0.3, 0.4) is 0 Å². The zero-order valence-electron chi connectivity index (χ0n) is 15.1. The Bertz CT molecular complexity index is 1040. The van der Waals surface area contributed by atoms with E-state index in [0.29, 0.717) is 31.0 Å². The van der Waals surface area contributed by atoms with E-state index >= 15 is 0 Å². The number of aromatic nitrogens is 5. The molecule has 0 radical (unpaired) electrons. The third-order valence-electron chi connectivity index (χ3n) is 4.94. The Kier molecular flexibility index (Phi) is 5.03. The van der Waals surface area contributed by atoms with Gasteiger partial charge in [-0.05, 0) is 25.0 Å². The molecule has 0 spiro atoms. The van der Waals surface area contributed by atoms with Crippen LogP contribution in [-0.2, 0) is 6.18 Å². The third-order valence-corrected chi connectivity index (χ3v) is 5.30. The molecule has 3 aromatic heterocycles. The molecule has 0 amide bonds. The van der Waals surface area contributed by atoms with Gasteiger partial charge in [-0.2, -0.15) is 23.0 Å². The Morgan fingerprint density at radius 2 is 1.90 bits per heavy atom. The van der Waals surface area contributed by atoms with E-state index in [9.17, 15) is 18.0 Å². The number of piperidine rings is 1. The molecule has 152 valence electrons. The van der Waals surface area contributed by atoms with Gasteiger partial charge in [0, 0.05) is 37.7 Å². The van der Waals surface area contributed by atoms with E-state index in [-0.39, 0.29) is 10.8 Å². The van der Waals surface area contributed by atoms with E-state index < -0.39 is 17.3 Å². The number of hydrogen-bond acceptors (Lipinski definition) is 5. The summed E-state index contributed by atoms with van der Waals surface area (Å²) in [5, 5.41) is 4.03. The summed E-state index contributed by atoms with van der Waals surface area (Å²) in [7, 11) is 0. The molecule has 0 aliphatic carbocycles. The van der Waals surface area contributed by atoms with Crippen molar-refractivity contribution in [2.45, 2.75) is 25.1 Å². The Balaban J connectivity index is 1.54. The molecule has 0 unspecified atom stereocenters. The van der Waals surface area contributed by atoms with Gasteiger partial charge in [0.1, 0.15) is 5.02 Å². The molecule has 0 atom stereocenters. The fraction of sp³-hybridized carbons (Fsp3) is 0.333. The normalized spacial score (nSPS) is 15.7. The number of rotatable bonds is 3. The molecule has 11 heteroatoms. The largest absolute Gasteiger partial charge is 0.417 e. The predicted octanol–water partition coefficient (Wildman–Crippen LogP) is 3.34. The average Bonchev–Trinajstić information content (AvgIpc) is 3.25. The molecule has 29 heavy (non-hydrogen) atoms. The molecular formula is C18H16ClF3N6O. The fourth-order valence-electron chi connectivity index (χ4n) is 3.38. The van der Waals surface area contributed by atoms with E-state index in [2.05, 4.69) is 19.6 Å². The van der Waals surface area contributed by atoms with Crippen LogP contribution in [0, 0.1) is 0 Å². The monoisotopic (exact) mass is 424 g/mol. The summed E-state index contributed by atoms with van der Waals surface area (Å²) in [6.45, 7) is 1.37. The van der Waals surface area contributed by atoms with E-state index in [0.717, 1.165) is 29.7 Å². The van der Waals surface area contributed by atoms with E-state index in [1.807, 2.05) is 11.1 Å². The van der Waals surface area contributed by atoms with Gasteiger partial charge in [0.2, 0.25) is 0 Å². The van der Waals surface area contributed by atoms with Crippen molar-refractivity contribution in [3.8, 4) is 5.82 Å². The first-order valence-electron chi connectivity index (χ1n) is 8.88. The second-order valence-electron chi connectivity index (χ2n) is 6.69. The van der Waals surface area contributed by atoms with Crippen LogP contribution in [0.15, 0.2) is 48.0 Å². The molecule has 4 heterocycles. The first-order chi connectivity index (χ1) is 13.8. The average molecular weight is 425 g/mol. The number of nitrogens with zero attached hydrogens (tertiary/aromatic N) is 6. The maximum absolute atomic E-state index is 12.7. The Morgan fingerprint density at radius 3 is 2.48 bits per heavy atom. The van der Waals surface area contributed by atoms with Crippen LogP contribution in [0.25, 0.3) is 5.82 Å². The molecule has 0 saturated carbocycles. The van der Waals surface area contributed by atoms with Crippen LogP contribution in [0.4, 0.5) is 18.9 Å². The van der Waals surface area contributed by atoms with Crippen molar-refractivity contribution in [2.24, 2.45) is 0 Å². The van der Waals surface area contributed by atoms with Crippen molar-refractivity contribution in [1.29, 1.82) is 0 Å². The number of anilines is 1. The van der Waals surface area contributed by atoms with Gasteiger partial charge >= 0.3 is 6.18 Å². The smallest absolute Gasteiger partial charge is 0.369 e. The minimum atomic E-state index is -4.51. The molecule has 0 N–H and O–H groups in total. The van der Waals surface area contributed by atoms with E-state index in [1.54, 1.807) is 12.5 Å². The van der Waals surface area contributed by atoms with Crippen LogP contribution in [0.1, 0.15) is 24.4 Å². The zero-order chi connectivity index (χ0) is 20.6. The Hall–Kier alpha value is -2.88. The van der Waals surface area contributed by atoms with Crippen molar-refractivity contribution < 1.29 is 13.2 Å². The predicted molar refractivity (Wildman–Crippen MR) is 100 cm³/mol. The Labute approximate surface area is 168 Å². The highest BCUT2D eigenvalue weighted by Crippen LogP contribution is 2.30. The standard InChI is InChI=1S/C18H16ClF3N6O/c19-16-14(26-6-3-13(4-7-26)27-8-5-23-11-27)10-25-28(17(16)29)15-2-1-12(9-24-15)18(20,21)22/h1-2,5,8-11,13H,3-4,6-7H2. The number of hydrogen-bond donors (Lipinski definition) is 0. The van der Waals surface area contributed by atoms with Crippen molar-refractivity contribution in [3.63, 3.8) is 0 Å². The highest BCUT2D eigenvalue weighted by atomic mass is 35.5. The fourth-order valence-corrected chi connectivity index (χ4v) is 3.63. The summed E-state index contributed by atoms with van der Waals surface area (Å²) in [5.74, 6) is -0.0322. The van der Waals surface area contributed by atoms with Gasteiger partial charge in [-0.1, -0.05) is 11.6 Å². The lowest BCUT2D eigenvalue weighted by molar-refractivity contribution is -0.137. The topological polar surface area (TPSA) is 68.8 Å². The highest BCUT2D eigenvalue weighted by Gasteiger charge is 2.31. The maximum Gasteiger partial charge on any atom is 0.417 e. The quantitative estimate of drug-likeness (QED) is 0.645. The van der Waals surface area contributed by atoms with Gasteiger partial charge in [-0.3, -0.25) is 4.79 Å². The summed E-state index contributed by atoms with van der Waals surface area (Å²) in [5.41, 5.74) is -1.03. The summed E-state index contributed by atoms with van der Waals surface area (Å²) in [6.07, 6.45) is 4.76. The molecule has 1 saturated heterocycles. The zero-order valence-corrected chi connectivity index (χ0v) is 15.8. The van der Waals surface area contributed by atoms with Gasteiger partial charge in [0.05, 0.1) is 23.8 Å². The molecule has 1 aliphatic heterocycles. The summed E-state index contributed by atoms with van der Waals surface area (Å²) >= 11 is 6.28. The van der Waals surface area contributed by atoms with E-state index in [1.165, 1.54) is 6.20 Å². The first-order valence-corrected chi connectivity index (χ1v) is 9.26. The molecule has 0 aromatic carbocycles. The lowest BCUT2D eigenvalue weighted by atomic mass is 10.0. The number of pyridine rings is 1. The van der Waals surface area contributed by atoms with Gasteiger partial charge < -0.3 is 9.47 Å². The summed E-state index contributed by atoms with van der Waals surface area (Å²) < 4.78 is 41.0. The second-order valence-corrected chi connectivity index (χ2v) is 7.07. The van der Waals surface area contributed by atoms with Gasteiger partial charge in [-0.15, -0.1) is 0 Å². The van der Waals surface area contributed by atoms with Crippen molar-refractivity contribution in [1.82, 2.24) is 24.3 Å². The van der Waals surface area contributed by atoms with Crippen LogP contribution >= 0.6 is 11.6 Å². The highest BCUT2D eigenvalue weighted by molar-refractivity contribution is 6.33. The van der Waals surface area contributed by atoms with E-state index in [4.69, 9.17) is 11.6 Å². The molecule has 7 nitrogen and oxygen atoms in total. The third kappa shape index (κ3) is 3.84. The first kappa shape index (κ1) is 19.4. The Morgan fingerprint density at radius 1 is 1.14 bits per heavy atom. The summed E-state index contributed by atoms with van der Waals surface area (Å²) in [4.78, 5) is 22.4. The van der Waals surface area contributed by atoms with Gasteiger partial charge in [0.15, 0.2) is 5.82 Å². The molecular weight excluding hydrogens is 409 g/mol. The second kappa shape index (κ2) is 7.51. The minimum Gasteiger partial charge on any atom is -0.369 e. The lowest BCUT2D eigenvalue weighted by Gasteiger charge is -2.34. The van der Waals surface area contributed by atoms with Crippen molar-refractivity contribution >= 4 is 17.3 Å². The van der Waals surface area contributed by atoms with Gasteiger partial charge in [-0.25, -0.2) is 9.97 Å². The maximum atomic E-state index is 12.7. The molecule has 0 bridgehead atoms. The van der Waals surface area contributed by atoms with Crippen LogP contribution in [0.2, 0.25) is 5.02 Å².